The van der Waals surface area contributed by atoms with Crippen LogP contribution in [0.15, 0.2) is 28.7 Å². The third-order valence-corrected chi connectivity index (χ3v) is 4.94. The minimum atomic E-state index is 0.301. The number of benzene rings is 1. The summed E-state index contributed by atoms with van der Waals surface area (Å²) in [5, 5.41) is 11.5. The van der Waals surface area contributed by atoms with Crippen molar-refractivity contribution < 1.29 is 9.15 Å². The first-order chi connectivity index (χ1) is 12.2. The van der Waals surface area contributed by atoms with Crippen molar-refractivity contribution in [3.63, 3.8) is 0 Å². The summed E-state index contributed by atoms with van der Waals surface area (Å²) < 4.78 is 11.2. The molecular weight excluding hydrogens is 314 g/mol. The first kappa shape index (κ1) is 17.9. The van der Waals surface area contributed by atoms with Crippen molar-refractivity contribution in [2.75, 3.05) is 0 Å². The van der Waals surface area contributed by atoms with E-state index in [1.54, 1.807) is 6.92 Å². The fraction of sp³-hybridized carbons (Fsp3) is 0.600. The van der Waals surface area contributed by atoms with Crippen molar-refractivity contribution in [1.29, 1.82) is 0 Å². The lowest BCUT2D eigenvalue weighted by Crippen LogP contribution is -2.28. The molecule has 5 nitrogen and oxygen atoms in total. The van der Waals surface area contributed by atoms with Gasteiger partial charge in [-0.15, -0.1) is 10.2 Å². The van der Waals surface area contributed by atoms with Crippen LogP contribution in [-0.2, 0) is 13.2 Å². The zero-order valence-corrected chi connectivity index (χ0v) is 15.3. The predicted molar refractivity (Wildman–Crippen MR) is 97.3 cm³/mol. The Morgan fingerprint density at radius 1 is 1.20 bits per heavy atom. The molecule has 1 atom stereocenters. The SMILES string of the molecule is Cc1nnc(COc2ccccc2CNC(C)CC2CCCCC2)o1. The lowest BCUT2D eigenvalue weighted by Gasteiger charge is -2.25. The van der Waals surface area contributed by atoms with Crippen LogP contribution in [0.5, 0.6) is 5.75 Å². The van der Waals surface area contributed by atoms with E-state index in [1.807, 2.05) is 18.2 Å². The second kappa shape index (κ2) is 8.99. The van der Waals surface area contributed by atoms with Crippen molar-refractivity contribution in [3.8, 4) is 5.75 Å². The number of hydrogen-bond donors (Lipinski definition) is 1. The predicted octanol–water partition coefficient (Wildman–Crippen LogP) is 4.41. The van der Waals surface area contributed by atoms with Gasteiger partial charge in [-0.05, 0) is 25.3 Å². The van der Waals surface area contributed by atoms with Gasteiger partial charge in [-0.25, -0.2) is 0 Å². The van der Waals surface area contributed by atoms with Gasteiger partial charge in [0, 0.05) is 25.1 Å². The van der Waals surface area contributed by atoms with Gasteiger partial charge in [0.25, 0.3) is 5.89 Å². The molecule has 1 aromatic heterocycles. The summed E-state index contributed by atoms with van der Waals surface area (Å²) in [6, 6.07) is 8.66. The highest BCUT2D eigenvalue weighted by Crippen LogP contribution is 2.27. The number of nitrogens with one attached hydrogen (secondary N) is 1. The summed E-state index contributed by atoms with van der Waals surface area (Å²) in [7, 11) is 0. The molecule has 5 heteroatoms. The Hall–Kier alpha value is -1.88. The Labute approximate surface area is 150 Å². The van der Waals surface area contributed by atoms with Crippen LogP contribution in [0.4, 0.5) is 0 Å². The number of ether oxygens (including phenoxy) is 1. The number of para-hydroxylation sites is 1. The first-order valence-electron chi connectivity index (χ1n) is 9.44. The van der Waals surface area contributed by atoms with Gasteiger partial charge < -0.3 is 14.5 Å². The monoisotopic (exact) mass is 343 g/mol. The molecule has 1 saturated carbocycles. The van der Waals surface area contributed by atoms with Crippen LogP contribution in [0.25, 0.3) is 0 Å². The maximum atomic E-state index is 5.88. The zero-order chi connectivity index (χ0) is 17.5. The standard InChI is InChI=1S/C20H29N3O2/c1-15(12-17-8-4-3-5-9-17)21-13-18-10-6-7-11-19(18)24-14-20-23-22-16(2)25-20/h6-7,10-11,15,17,21H,3-5,8-9,12-14H2,1-2H3. The van der Waals surface area contributed by atoms with Crippen LogP contribution < -0.4 is 10.1 Å². The van der Waals surface area contributed by atoms with Crippen LogP contribution in [0.1, 0.15) is 62.8 Å². The molecule has 0 spiro atoms. The van der Waals surface area contributed by atoms with Gasteiger partial charge in [-0.3, -0.25) is 0 Å². The molecule has 1 aliphatic carbocycles. The molecule has 0 radical (unpaired) electrons. The van der Waals surface area contributed by atoms with Gasteiger partial charge in [0.05, 0.1) is 0 Å². The van der Waals surface area contributed by atoms with Gasteiger partial charge in [0.15, 0.2) is 6.61 Å². The van der Waals surface area contributed by atoms with Crippen LogP contribution in [-0.4, -0.2) is 16.2 Å². The molecule has 1 aromatic carbocycles. The third kappa shape index (κ3) is 5.56. The van der Waals surface area contributed by atoms with E-state index in [-0.39, 0.29) is 0 Å². The van der Waals surface area contributed by atoms with Crippen molar-refractivity contribution >= 4 is 0 Å². The summed E-state index contributed by atoms with van der Waals surface area (Å²) in [5.41, 5.74) is 1.16. The fourth-order valence-electron chi connectivity index (χ4n) is 3.62. The number of aromatic nitrogens is 2. The third-order valence-electron chi connectivity index (χ3n) is 4.94. The minimum Gasteiger partial charge on any atom is -0.483 e. The van der Waals surface area contributed by atoms with Gasteiger partial charge in [-0.1, -0.05) is 50.3 Å². The van der Waals surface area contributed by atoms with Gasteiger partial charge in [-0.2, -0.15) is 0 Å². The number of hydrogen-bond acceptors (Lipinski definition) is 5. The van der Waals surface area contributed by atoms with Crippen LogP contribution in [0.2, 0.25) is 0 Å². The average Bonchev–Trinajstić information content (AvgIpc) is 3.05. The fourth-order valence-corrected chi connectivity index (χ4v) is 3.62. The summed E-state index contributed by atoms with van der Waals surface area (Å²) in [4.78, 5) is 0. The van der Waals surface area contributed by atoms with Crippen LogP contribution in [0, 0.1) is 12.8 Å². The molecule has 3 rings (SSSR count). The second-order valence-corrected chi connectivity index (χ2v) is 7.13. The van der Waals surface area contributed by atoms with Crippen LogP contribution in [0.3, 0.4) is 0 Å². The summed E-state index contributed by atoms with van der Waals surface area (Å²) in [6.45, 7) is 5.18. The van der Waals surface area contributed by atoms with Gasteiger partial charge >= 0.3 is 0 Å². The topological polar surface area (TPSA) is 60.2 Å². The maximum Gasteiger partial charge on any atom is 0.253 e. The molecule has 0 amide bonds. The van der Waals surface area contributed by atoms with E-state index >= 15 is 0 Å². The second-order valence-electron chi connectivity index (χ2n) is 7.13. The zero-order valence-electron chi connectivity index (χ0n) is 15.3. The Kier molecular flexibility index (Phi) is 6.45. The molecule has 0 aliphatic heterocycles. The van der Waals surface area contributed by atoms with E-state index in [0.717, 1.165) is 23.8 Å². The molecular formula is C20H29N3O2. The highest BCUT2D eigenvalue weighted by atomic mass is 16.5. The smallest absolute Gasteiger partial charge is 0.253 e. The van der Waals surface area contributed by atoms with Crippen molar-refractivity contribution in [3.05, 3.63) is 41.6 Å². The number of nitrogens with zero attached hydrogens (tertiary/aromatic N) is 2. The van der Waals surface area contributed by atoms with E-state index in [2.05, 4.69) is 28.5 Å². The summed E-state index contributed by atoms with van der Waals surface area (Å²) in [6.07, 6.45) is 8.30. The van der Waals surface area contributed by atoms with E-state index in [1.165, 1.54) is 38.5 Å². The Morgan fingerprint density at radius 3 is 2.76 bits per heavy atom. The Morgan fingerprint density at radius 2 is 2.00 bits per heavy atom. The summed E-state index contributed by atoms with van der Waals surface area (Å²) in [5.74, 6) is 2.83. The molecule has 0 bridgehead atoms. The lowest BCUT2D eigenvalue weighted by atomic mass is 9.85. The quantitative estimate of drug-likeness (QED) is 0.769. The van der Waals surface area contributed by atoms with Crippen molar-refractivity contribution in [2.45, 2.75) is 71.6 Å². The Bertz CT molecular complexity index is 650. The highest BCUT2D eigenvalue weighted by molar-refractivity contribution is 5.33. The normalized spacial score (nSPS) is 16.7. The number of rotatable bonds is 8. The molecule has 25 heavy (non-hydrogen) atoms. The highest BCUT2D eigenvalue weighted by Gasteiger charge is 2.16. The van der Waals surface area contributed by atoms with E-state index in [0.29, 0.717) is 24.4 Å². The van der Waals surface area contributed by atoms with Crippen molar-refractivity contribution in [2.24, 2.45) is 5.92 Å². The lowest BCUT2D eigenvalue weighted by molar-refractivity contribution is 0.256. The number of aryl methyl sites for hydroxylation is 1. The molecule has 1 fully saturated rings. The molecule has 1 unspecified atom stereocenters. The molecule has 0 saturated heterocycles. The van der Waals surface area contributed by atoms with Crippen LogP contribution >= 0.6 is 0 Å². The largest absolute Gasteiger partial charge is 0.483 e. The summed E-state index contributed by atoms with van der Waals surface area (Å²) >= 11 is 0. The maximum absolute atomic E-state index is 5.88. The van der Waals surface area contributed by atoms with E-state index in [9.17, 15) is 0 Å². The molecule has 1 heterocycles. The van der Waals surface area contributed by atoms with Gasteiger partial charge in [0.1, 0.15) is 5.75 Å². The van der Waals surface area contributed by atoms with E-state index < -0.39 is 0 Å². The minimum absolute atomic E-state index is 0.301. The molecule has 136 valence electrons. The first-order valence-corrected chi connectivity index (χ1v) is 9.44. The average molecular weight is 343 g/mol. The Balaban J connectivity index is 1.49. The molecule has 2 aromatic rings. The molecule has 1 aliphatic rings. The van der Waals surface area contributed by atoms with E-state index in [4.69, 9.17) is 9.15 Å². The van der Waals surface area contributed by atoms with Gasteiger partial charge in [0.2, 0.25) is 5.89 Å². The van der Waals surface area contributed by atoms with Crippen molar-refractivity contribution in [1.82, 2.24) is 15.5 Å². The molecule has 1 N–H and O–H groups in total.